The number of aliphatic carboxylic acids is 1. The third kappa shape index (κ3) is 4.90. The lowest BCUT2D eigenvalue weighted by atomic mass is 10.0. The van der Waals surface area contributed by atoms with Gasteiger partial charge in [-0.05, 0) is 6.07 Å². The fourth-order valence-electron chi connectivity index (χ4n) is 4.51. The zero-order valence-electron chi connectivity index (χ0n) is 20.2. The monoisotopic (exact) mass is 576 g/mol. The highest BCUT2D eigenvalue weighted by molar-refractivity contribution is 8.00. The van der Waals surface area contributed by atoms with Crippen LogP contribution in [0.5, 0.6) is 0 Å². The fourth-order valence-corrected chi connectivity index (χ4v) is 6.28. The van der Waals surface area contributed by atoms with Gasteiger partial charge in [0.1, 0.15) is 22.6 Å². The molecule has 0 radical (unpaired) electrons. The largest absolute Gasteiger partial charge is 0.477 e. The summed E-state index contributed by atoms with van der Waals surface area (Å²) < 4.78 is 20.4. The third-order valence-electron chi connectivity index (χ3n) is 6.15. The van der Waals surface area contributed by atoms with E-state index in [9.17, 15) is 23.9 Å². The number of anilines is 1. The van der Waals surface area contributed by atoms with Crippen LogP contribution in [0.1, 0.15) is 5.82 Å². The number of amides is 2. The molecule has 0 aromatic carbocycles. The van der Waals surface area contributed by atoms with Crippen molar-refractivity contribution in [2.24, 2.45) is 10.9 Å². The first-order valence-corrected chi connectivity index (χ1v) is 13.4. The molecule has 17 heteroatoms. The van der Waals surface area contributed by atoms with Gasteiger partial charge >= 0.3 is 5.97 Å². The Bertz CT molecular complexity index is 1520. The molecular weight excluding hydrogens is 553 g/mol. The lowest BCUT2D eigenvalue weighted by Crippen LogP contribution is -2.71. The van der Waals surface area contributed by atoms with Gasteiger partial charge in [0, 0.05) is 54.3 Å². The van der Waals surface area contributed by atoms with Crippen molar-refractivity contribution in [3.63, 3.8) is 0 Å². The average molecular weight is 577 g/mol. The summed E-state index contributed by atoms with van der Waals surface area (Å²) in [6.45, 7) is 0.0660. The van der Waals surface area contributed by atoms with Crippen LogP contribution in [0.3, 0.4) is 0 Å². The van der Waals surface area contributed by atoms with Gasteiger partial charge in [-0.15, -0.1) is 11.8 Å². The van der Waals surface area contributed by atoms with Gasteiger partial charge in [-0.1, -0.05) is 5.16 Å². The van der Waals surface area contributed by atoms with Crippen molar-refractivity contribution in [3.05, 3.63) is 47.7 Å². The number of β-lactam (4-membered cyclic amide) rings is 1. The number of fused-ring (bicyclic) bond motifs is 2. The first-order chi connectivity index (χ1) is 18.8. The smallest absolute Gasteiger partial charge is 0.352 e. The van der Waals surface area contributed by atoms with E-state index in [-0.39, 0.29) is 23.2 Å². The van der Waals surface area contributed by atoms with Crippen LogP contribution in [-0.2, 0) is 32.3 Å². The first kappa shape index (κ1) is 26.5. The number of halogens is 1. The van der Waals surface area contributed by atoms with Crippen LogP contribution in [-0.4, -0.2) is 78.0 Å². The summed E-state index contributed by atoms with van der Waals surface area (Å²) >= 11 is 2.11. The number of alkyl halides is 1. The second kappa shape index (κ2) is 11.0. The SMILES string of the molecule is NCCn1ccc2c1ccc[n+]2CC1=C(C(=O)O)N2C(=O)C(NC(=O)/C(=N\OCF)c3nsc(N)n3)C2SC1. The molecule has 2 unspecified atom stereocenters. The topological polar surface area (TPSA) is 195 Å². The Morgan fingerprint density at radius 1 is 1.38 bits per heavy atom. The van der Waals surface area contributed by atoms with Gasteiger partial charge in [0.2, 0.25) is 17.1 Å². The molecule has 3 aromatic heterocycles. The molecule has 39 heavy (non-hydrogen) atoms. The maximum Gasteiger partial charge on any atom is 0.352 e. The highest BCUT2D eigenvalue weighted by atomic mass is 32.2. The molecule has 1 saturated heterocycles. The molecule has 5 heterocycles. The molecule has 14 nitrogen and oxygen atoms in total. The van der Waals surface area contributed by atoms with E-state index < -0.39 is 41.8 Å². The van der Waals surface area contributed by atoms with Crippen LogP contribution < -0.4 is 21.4 Å². The van der Waals surface area contributed by atoms with E-state index in [2.05, 4.69) is 24.7 Å². The molecular formula is C22H23FN9O5S2+. The molecule has 0 saturated carbocycles. The fraction of sp³-hybridized carbons (Fsp3) is 0.318. The maximum absolute atomic E-state index is 13.1. The number of oxime groups is 1. The number of hydrogen-bond donors (Lipinski definition) is 4. The van der Waals surface area contributed by atoms with E-state index in [1.165, 1.54) is 16.7 Å². The minimum Gasteiger partial charge on any atom is -0.477 e. The number of aromatic nitrogens is 4. The number of carbonyl (C=O) groups is 3. The molecule has 2 amide bonds. The van der Waals surface area contributed by atoms with Crippen molar-refractivity contribution in [2.45, 2.75) is 24.5 Å². The quantitative estimate of drug-likeness (QED) is 0.105. The number of carbonyl (C=O) groups excluding carboxylic acids is 2. The molecule has 204 valence electrons. The summed E-state index contributed by atoms with van der Waals surface area (Å²) in [7, 11) is 0. The zero-order chi connectivity index (χ0) is 27.7. The number of nitrogen functional groups attached to an aromatic ring is 1. The van der Waals surface area contributed by atoms with E-state index >= 15 is 0 Å². The highest BCUT2D eigenvalue weighted by Gasteiger charge is 2.55. The summed E-state index contributed by atoms with van der Waals surface area (Å²) in [4.78, 5) is 47.7. The minimum atomic E-state index is -1.30. The number of carboxylic acids is 1. The Labute approximate surface area is 228 Å². The van der Waals surface area contributed by atoms with Crippen LogP contribution in [0.2, 0.25) is 0 Å². The Balaban J connectivity index is 1.37. The lowest BCUT2D eigenvalue weighted by molar-refractivity contribution is -0.663. The number of thioether (sulfide) groups is 1. The Hall–Kier alpha value is -4.09. The van der Waals surface area contributed by atoms with Crippen molar-refractivity contribution in [1.29, 1.82) is 0 Å². The van der Waals surface area contributed by atoms with Crippen LogP contribution in [0, 0.1) is 0 Å². The first-order valence-electron chi connectivity index (χ1n) is 11.6. The highest BCUT2D eigenvalue weighted by Crippen LogP contribution is 2.40. The normalized spacial score (nSPS) is 19.2. The molecule has 1 fully saturated rings. The average Bonchev–Trinajstić information content (AvgIpc) is 3.54. The van der Waals surface area contributed by atoms with Crippen molar-refractivity contribution < 1.29 is 33.3 Å². The number of nitrogens with zero attached hydrogens (tertiary/aromatic N) is 6. The number of pyridine rings is 1. The van der Waals surface area contributed by atoms with Gasteiger partial charge in [0.15, 0.2) is 17.9 Å². The Morgan fingerprint density at radius 2 is 2.21 bits per heavy atom. The van der Waals surface area contributed by atoms with Gasteiger partial charge in [0.25, 0.3) is 18.7 Å². The summed E-state index contributed by atoms with van der Waals surface area (Å²) in [5, 5.41) is 15.4. The molecule has 2 aliphatic heterocycles. The number of hydrogen-bond acceptors (Lipinski definition) is 11. The molecule has 0 aliphatic carbocycles. The molecule has 2 atom stereocenters. The van der Waals surface area contributed by atoms with Crippen molar-refractivity contribution in [1.82, 2.24) is 24.1 Å². The zero-order valence-corrected chi connectivity index (χ0v) is 21.8. The van der Waals surface area contributed by atoms with E-state index in [1.54, 1.807) is 0 Å². The summed E-state index contributed by atoms with van der Waals surface area (Å²) in [5.41, 5.74) is 13.1. The number of nitrogens with two attached hydrogens (primary N) is 2. The van der Waals surface area contributed by atoms with Gasteiger partial charge in [-0.2, -0.15) is 13.9 Å². The molecule has 6 N–H and O–H groups in total. The maximum atomic E-state index is 13.1. The summed E-state index contributed by atoms with van der Waals surface area (Å²) in [5.74, 6) is -2.63. The van der Waals surface area contributed by atoms with Gasteiger partial charge in [0.05, 0.1) is 0 Å². The van der Waals surface area contributed by atoms with E-state index in [0.29, 0.717) is 24.4 Å². The van der Waals surface area contributed by atoms with Crippen molar-refractivity contribution in [2.75, 3.05) is 24.9 Å². The second-order valence-corrected chi connectivity index (χ2v) is 10.3. The summed E-state index contributed by atoms with van der Waals surface area (Å²) in [6, 6.07) is 4.71. The van der Waals surface area contributed by atoms with Crippen LogP contribution in [0.25, 0.3) is 11.0 Å². The third-order valence-corrected chi connectivity index (χ3v) is 8.04. The lowest BCUT2D eigenvalue weighted by Gasteiger charge is -2.49. The minimum absolute atomic E-state index is 0.0488. The predicted octanol–water partition coefficient (Wildman–Crippen LogP) is -0.592. The molecule has 5 rings (SSSR count). The number of nitrogens with one attached hydrogen (secondary N) is 1. The van der Waals surface area contributed by atoms with Gasteiger partial charge in [-0.3, -0.25) is 14.5 Å². The van der Waals surface area contributed by atoms with Gasteiger partial charge in [-0.25, -0.2) is 9.18 Å². The van der Waals surface area contributed by atoms with Crippen LogP contribution in [0.4, 0.5) is 9.52 Å². The number of rotatable bonds is 10. The molecule has 2 aliphatic rings. The Morgan fingerprint density at radius 3 is 2.90 bits per heavy atom. The summed E-state index contributed by atoms with van der Waals surface area (Å²) in [6.07, 6.45) is 3.77. The van der Waals surface area contributed by atoms with E-state index in [0.717, 1.165) is 22.6 Å². The number of carboxylic acid groups (broad SMARTS) is 1. The molecule has 3 aromatic rings. The standard InChI is InChI=1S/C22H22FN9O5S2/c23-10-37-28-14(17-27-22(25)39-29-17)18(33)26-15-19(34)32-16(21(35)36)11(9-38-20(15)32)8-31-5-1-2-12-13(31)3-6-30(12)7-4-24/h1-3,5-6,15,20H,4,7-10,24H2,(H3-,25,26,27,29,33,35,36)/p+1/b28-14-. The van der Waals surface area contributed by atoms with Crippen LogP contribution in [0.15, 0.2) is 47.0 Å². The van der Waals surface area contributed by atoms with E-state index in [4.69, 9.17) is 11.5 Å². The molecule has 0 bridgehead atoms. The predicted molar refractivity (Wildman–Crippen MR) is 139 cm³/mol. The van der Waals surface area contributed by atoms with Gasteiger partial charge < -0.3 is 31.3 Å². The van der Waals surface area contributed by atoms with Crippen molar-refractivity contribution >= 4 is 63.0 Å². The van der Waals surface area contributed by atoms with Crippen LogP contribution >= 0.6 is 23.3 Å². The Kier molecular flexibility index (Phi) is 7.45. The molecule has 0 spiro atoms. The second-order valence-electron chi connectivity index (χ2n) is 8.46. The van der Waals surface area contributed by atoms with Crippen molar-refractivity contribution in [3.8, 4) is 0 Å². The van der Waals surface area contributed by atoms with E-state index in [1.807, 2.05) is 39.7 Å².